The highest BCUT2D eigenvalue weighted by Gasteiger charge is 2.31. The van der Waals surface area contributed by atoms with Gasteiger partial charge in [0.15, 0.2) is 0 Å². The molecule has 1 aromatic heterocycles. The highest BCUT2D eigenvalue weighted by molar-refractivity contribution is 6.32. The fourth-order valence-corrected chi connectivity index (χ4v) is 2.04. The number of alkyl halides is 3. The summed E-state index contributed by atoms with van der Waals surface area (Å²) in [4.78, 5) is 26.0. The molecule has 21 heavy (non-hydrogen) atoms. The van der Waals surface area contributed by atoms with Crippen molar-refractivity contribution in [3.8, 4) is 5.69 Å². The topological polar surface area (TPSA) is 54.9 Å². The number of nitrogens with one attached hydrogen (secondary N) is 1. The average molecular weight is 339 g/mol. The van der Waals surface area contributed by atoms with Crippen LogP contribution in [0.4, 0.5) is 13.2 Å². The SMILES string of the molecule is Cc1c(Cl)[nH]c(=O)n(-c2cc(C(F)(F)F)ccc2Cl)c1=O. The Morgan fingerprint density at radius 1 is 1.19 bits per heavy atom. The largest absolute Gasteiger partial charge is 0.416 e. The summed E-state index contributed by atoms with van der Waals surface area (Å²) in [6.07, 6.45) is -4.63. The van der Waals surface area contributed by atoms with E-state index in [0.29, 0.717) is 10.6 Å². The Morgan fingerprint density at radius 2 is 1.81 bits per heavy atom. The van der Waals surface area contributed by atoms with Crippen molar-refractivity contribution in [1.29, 1.82) is 0 Å². The zero-order valence-electron chi connectivity index (χ0n) is 10.4. The maximum absolute atomic E-state index is 12.7. The number of aromatic amines is 1. The molecule has 0 bridgehead atoms. The molecule has 2 aromatic rings. The van der Waals surface area contributed by atoms with Crippen molar-refractivity contribution < 1.29 is 13.2 Å². The number of H-pyrrole nitrogens is 1. The van der Waals surface area contributed by atoms with Gasteiger partial charge in [0.25, 0.3) is 5.56 Å². The molecule has 0 saturated heterocycles. The summed E-state index contributed by atoms with van der Waals surface area (Å²) >= 11 is 11.4. The van der Waals surface area contributed by atoms with Crippen LogP contribution < -0.4 is 11.2 Å². The number of nitrogens with zero attached hydrogens (tertiary/aromatic N) is 1. The number of hydrogen-bond donors (Lipinski definition) is 1. The number of rotatable bonds is 1. The molecule has 9 heteroatoms. The molecule has 112 valence electrons. The third kappa shape index (κ3) is 2.84. The lowest BCUT2D eigenvalue weighted by Gasteiger charge is -2.12. The van der Waals surface area contributed by atoms with Gasteiger partial charge in [0, 0.05) is 0 Å². The average Bonchev–Trinajstić information content (AvgIpc) is 2.37. The molecule has 4 nitrogen and oxygen atoms in total. The van der Waals surface area contributed by atoms with Gasteiger partial charge in [-0.1, -0.05) is 23.2 Å². The smallest absolute Gasteiger partial charge is 0.297 e. The second-order valence-electron chi connectivity index (χ2n) is 4.17. The Hall–Kier alpha value is -1.73. The second-order valence-corrected chi connectivity index (χ2v) is 4.96. The van der Waals surface area contributed by atoms with Gasteiger partial charge in [-0.3, -0.25) is 9.78 Å². The zero-order chi connectivity index (χ0) is 15.9. The summed E-state index contributed by atoms with van der Waals surface area (Å²) in [7, 11) is 0. The molecule has 2 rings (SSSR count). The Kier molecular flexibility index (Phi) is 3.90. The molecule has 0 radical (unpaired) electrons. The van der Waals surface area contributed by atoms with Crippen LogP contribution in [0, 0.1) is 6.92 Å². The minimum Gasteiger partial charge on any atom is -0.297 e. The van der Waals surface area contributed by atoms with Crippen molar-refractivity contribution in [1.82, 2.24) is 9.55 Å². The first-order valence-corrected chi connectivity index (χ1v) is 6.27. The van der Waals surface area contributed by atoms with Crippen LogP contribution in [-0.2, 0) is 6.18 Å². The highest BCUT2D eigenvalue weighted by atomic mass is 35.5. The van der Waals surface area contributed by atoms with E-state index in [-0.39, 0.29) is 21.4 Å². The Balaban J connectivity index is 2.83. The molecular weight excluding hydrogens is 332 g/mol. The van der Waals surface area contributed by atoms with Crippen molar-refractivity contribution in [2.45, 2.75) is 13.1 Å². The van der Waals surface area contributed by atoms with Crippen molar-refractivity contribution >= 4 is 23.2 Å². The van der Waals surface area contributed by atoms with Crippen LogP contribution in [0.3, 0.4) is 0 Å². The maximum atomic E-state index is 12.7. The van der Waals surface area contributed by atoms with Crippen LogP contribution >= 0.6 is 23.2 Å². The van der Waals surface area contributed by atoms with E-state index < -0.39 is 23.0 Å². The molecule has 0 unspecified atom stereocenters. The number of hydrogen-bond acceptors (Lipinski definition) is 2. The van der Waals surface area contributed by atoms with E-state index in [0.717, 1.165) is 12.1 Å². The molecule has 0 amide bonds. The van der Waals surface area contributed by atoms with E-state index >= 15 is 0 Å². The Bertz CT molecular complexity index is 825. The van der Waals surface area contributed by atoms with Crippen molar-refractivity contribution in [2.75, 3.05) is 0 Å². The first-order valence-electron chi connectivity index (χ1n) is 5.51. The molecule has 0 fully saturated rings. The van der Waals surface area contributed by atoms with Gasteiger partial charge in [-0.25, -0.2) is 9.36 Å². The Morgan fingerprint density at radius 3 is 2.38 bits per heavy atom. The van der Waals surface area contributed by atoms with Gasteiger partial charge in [0.2, 0.25) is 0 Å². The second kappa shape index (κ2) is 5.23. The van der Waals surface area contributed by atoms with E-state index in [1.807, 2.05) is 0 Å². The molecule has 1 N–H and O–H groups in total. The molecule has 0 aliphatic carbocycles. The summed E-state index contributed by atoms with van der Waals surface area (Å²) in [6.45, 7) is 1.33. The summed E-state index contributed by atoms with van der Waals surface area (Å²) in [5.41, 5.74) is -3.22. The molecule has 1 heterocycles. The number of halogens is 5. The van der Waals surface area contributed by atoms with Gasteiger partial charge in [-0.15, -0.1) is 0 Å². The quantitative estimate of drug-likeness (QED) is 0.812. The van der Waals surface area contributed by atoms with Crippen LogP contribution in [0.2, 0.25) is 10.2 Å². The fraction of sp³-hybridized carbons (Fsp3) is 0.167. The summed E-state index contributed by atoms with van der Waals surface area (Å²) < 4.78 is 38.7. The van der Waals surface area contributed by atoms with E-state index in [1.165, 1.54) is 6.92 Å². The van der Waals surface area contributed by atoms with Gasteiger partial charge in [-0.2, -0.15) is 13.2 Å². The maximum Gasteiger partial charge on any atom is 0.416 e. The first-order chi connectivity index (χ1) is 9.62. The minimum absolute atomic E-state index is 0.00950. The normalized spacial score (nSPS) is 11.7. The lowest BCUT2D eigenvalue weighted by Crippen LogP contribution is -2.35. The first kappa shape index (κ1) is 15.7. The molecule has 0 atom stereocenters. The minimum atomic E-state index is -4.63. The molecule has 0 saturated carbocycles. The molecule has 0 aliphatic heterocycles. The molecular formula is C12H7Cl2F3N2O2. The van der Waals surface area contributed by atoms with E-state index in [4.69, 9.17) is 23.2 Å². The van der Waals surface area contributed by atoms with Crippen LogP contribution in [0.25, 0.3) is 5.69 Å². The molecule has 0 aliphatic rings. The zero-order valence-corrected chi connectivity index (χ0v) is 11.9. The van der Waals surface area contributed by atoms with Crippen molar-refractivity contribution in [2.24, 2.45) is 0 Å². The lowest BCUT2D eigenvalue weighted by atomic mass is 10.2. The lowest BCUT2D eigenvalue weighted by molar-refractivity contribution is -0.137. The van der Waals surface area contributed by atoms with Crippen LogP contribution in [-0.4, -0.2) is 9.55 Å². The third-order valence-corrected chi connectivity index (χ3v) is 3.48. The van der Waals surface area contributed by atoms with E-state index in [9.17, 15) is 22.8 Å². The van der Waals surface area contributed by atoms with E-state index in [1.54, 1.807) is 0 Å². The van der Waals surface area contributed by atoms with E-state index in [2.05, 4.69) is 4.98 Å². The molecule has 1 aromatic carbocycles. The van der Waals surface area contributed by atoms with Gasteiger partial charge < -0.3 is 0 Å². The van der Waals surface area contributed by atoms with Crippen molar-refractivity contribution in [3.63, 3.8) is 0 Å². The summed E-state index contributed by atoms with van der Waals surface area (Å²) in [5.74, 6) is 0. The molecule has 0 spiro atoms. The number of aromatic nitrogens is 2. The third-order valence-electron chi connectivity index (χ3n) is 2.79. The van der Waals surface area contributed by atoms with Gasteiger partial charge in [0.05, 0.1) is 21.8 Å². The van der Waals surface area contributed by atoms with Gasteiger partial charge in [-0.05, 0) is 25.1 Å². The van der Waals surface area contributed by atoms with Crippen LogP contribution in [0.5, 0.6) is 0 Å². The summed E-state index contributed by atoms with van der Waals surface area (Å²) in [5, 5.41) is -0.346. The van der Waals surface area contributed by atoms with Crippen molar-refractivity contribution in [3.05, 3.63) is 60.3 Å². The van der Waals surface area contributed by atoms with Crippen LogP contribution in [0.15, 0.2) is 27.8 Å². The highest BCUT2D eigenvalue weighted by Crippen LogP contribution is 2.32. The fourth-order valence-electron chi connectivity index (χ4n) is 1.68. The Labute approximate surface area is 125 Å². The standard InChI is InChI=1S/C12H7Cl2F3N2O2/c1-5-9(14)18-11(21)19(10(5)20)8-4-6(12(15,16)17)2-3-7(8)13/h2-4H,1H3,(H,18,21). The van der Waals surface area contributed by atoms with Crippen LogP contribution in [0.1, 0.15) is 11.1 Å². The van der Waals surface area contributed by atoms with Gasteiger partial charge >= 0.3 is 11.9 Å². The predicted molar refractivity (Wildman–Crippen MR) is 72.4 cm³/mol. The monoisotopic (exact) mass is 338 g/mol. The predicted octanol–water partition coefficient (Wildman–Crippen LogP) is 3.16. The summed E-state index contributed by atoms with van der Waals surface area (Å²) in [6, 6.07) is 2.36. The number of benzene rings is 1. The van der Waals surface area contributed by atoms with Gasteiger partial charge in [0.1, 0.15) is 5.15 Å².